The average molecular weight is 447 g/mol. The smallest absolute Gasteiger partial charge is 0.0543 e. The quantitative estimate of drug-likeness (QED) is 0.429. The van der Waals surface area contributed by atoms with Crippen LogP contribution in [0.25, 0.3) is 0 Å². The highest BCUT2D eigenvalue weighted by molar-refractivity contribution is 5.13. The Hall–Kier alpha value is -0.120. The van der Waals surface area contributed by atoms with Crippen molar-refractivity contribution in [3.05, 3.63) is 0 Å². The van der Waals surface area contributed by atoms with Crippen LogP contribution in [0.2, 0.25) is 0 Å². The molecule has 0 aliphatic heterocycles. The summed E-state index contributed by atoms with van der Waals surface area (Å²) in [5, 5.41) is 14.4. The van der Waals surface area contributed by atoms with E-state index < -0.39 is 0 Å². The highest BCUT2D eigenvalue weighted by Crippen LogP contribution is 2.68. The molecule has 4 saturated carbocycles. The monoisotopic (exact) mass is 446 g/mol. The van der Waals surface area contributed by atoms with Crippen molar-refractivity contribution in [2.45, 2.75) is 117 Å². The molecular weight excluding hydrogens is 392 g/mol. The van der Waals surface area contributed by atoms with Crippen molar-refractivity contribution in [3.8, 4) is 0 Å². The van der Waals surface area contributed by atoms with Gasteiger partial charge in [0.15, 0.2) is 0 Å². The van der Waals surface area contributed by atoms with E-state index in [0.29, 0.717) is 22.8 Å². The van der Waals surface area contributed by atoms with Gasteiger partial charge in [-0.2, -0.15) is 0 Å². The van der Waals surface area contributed by atoms with Crippen molar-refractivity contribution >= 4 is 0 Å². The van der Waals surface area contributed by atoms with E-state index in [1.54, 1.807) is 0 Å². The minimum absolute atomic E-state index is 0.0730. The molecular formula is C29H54N2O. The Balaban J connectivity index is 1.55. The molecule has 4 fully saturated rings. The van der Waals surface area contributed by atoms with E-state index in [9.17, 15) is 5.11 Å². The first kappa shape index (κ1) is 25.0. The highest BCUT2D eigenvalue weighted by Gasteiger charge is 2.62. The molecule has 4 N–H and O–H groups in total. The number of nitrogens with two attached hydrogens (primary N) is 1. The minimum Gasteiger partial charge on any atom is -0.393 e. The molecule has 4 aliphatic rings. The lowest BCUT2D eigenvalue weighted by molar-refractivity contribution is -0.141. The number of hydrogen-bond acceptors (Lipinski definition) is 3. The van der Waals surface area contributed by atoms with E-state index in [2.05, 4.69) is 39.9 Å². The standard InChI is InChI=1S/C29H54N2O/c1-19(2)7-6-8-20(3)23-9-10-24-27-25(12-14-29(23,24)5)28(4)13-11-22(32)17-21(28)18-26(27)31-16-15-30/h19-27,31-32H,6-18,30H2,1-5H3/t20-,21-,22+,23-,24+,25+,26+,27+,28+,29-/m1/s1. The Kier molecular flexibility index (Phi) is 7.70. The third-order valence-electron chi connectivity index (χ3n) is 11.4. The van der Waals surface area contributed by atoms with E-state index in [-0.39, 0.29) is 6.10 Å². The van der Waals surface area contributed by atoms with Crippen LogP contribution in [0.3, 0.4) is 0 Å². The Labute approximate surface area is 199 Å². The third-order valence-corrected chi connectivity index (χ3v) is 11.4. The predicted octanol–water partition coefficient (Wildman–Crippen LogP) is 6.00. The van der Waals surface area contributed by atoms with Gasteiger partial charge in [0.1, 0.15) is 0 Å². The summed E-state index contributed by atoms with van der Waals surface area (Å²) < 4.78 is 0. The van der Waals surface area contributed by atoms with Gasteiger partial charge in [0.05, 0.1) is 6.10 Å². The van der Waals surface area contributed by atoms with Crippen LogP contribution < -0.4 is 11.1 Å². The van der Waals surface area contributed by atoms with Crippen molar-refractivity contribution < 1.29 is 5.11 Å². The molecule has 186 valence electrons. The van der Waals surface area contributed by atoms with Crippen LogP contribution >= 0.6 is 0 Å². The van der Waals surface area contributed by atoms with Gasteiger partial charge in [0, 0.05) is 19.1 Å². The second-order valence-electron chi connectivity index (χ2n) is 13.5. The molecule has 10 atom stereocenters. The second-order valence-corrected chi connectivity index (χ2v) is 13.5. The number of aliphatic hydroxyl groups excluding tert-OH is 1. The molecule has 3 nitrogen and oxygen atoms in total. The topological polar surface area (TPSA) is 58.3 Å². The first-order chi connectivity index (χ1) is 15.2. The van der Waals surface area contributed by atoms with Gasteiger partial charge in [-0.3, -0.25) is 0 Å². The van der Waals surface area contributed by atoms with E-state index in [0.717, 1.165) is 61.4 Å². The van der Waals surface area contributed by atoms with E-state index in [1.807, 2.05) is 0 Å². The van der Waals surface area contributed by atoms with Gasteiger partial charge in [-0.15, -0.1) is 0 Å². The lowest BCUT2D eigenvalue weighted by Gasteiger charge is -2.63. The molecule has 0 unspecified atom stereocenters. The molecule has 0 aromatic heterocycles. The maximum atomic E-state index is 10.5. The number of fused-ring (bicyclic) bond motifs is 5. The lowest BCUT2D eigenvalue weighted by Crippen LogP contribution is -2.62. The van der Waals surface area contributed by atoms with Crippen LogP contribution in [-0.2, 0) is 0 Å². The number of rotatable bonds is 8. The largest absolute Gasteiger partial charge is 0.393 e. The van der Waals surface area contributed by atoms with Crippen molar-refractivity contribution in [1.82, 2.24) is 5.32 Å². The second kappa shape index (κ2) is 9.86. The highest BCUT2D eigenvalue weighted by atomic mass is 16.3. The number of nitrogens with one attached hydrogen (secondary N) is 1. The van der Waals surface area contributed by atoms with Gasteiger partial charge in [0.25, 0.3) is 0 Å². The summed E-state index contributed by atoms with van der Waals surface area (Å²) in [6.07, 6.45) is 14.4. The predicted molar refractivity (Wildman–Crippen MR) is 135 cm³/mol. The third kappa shape index (κ3) is 4.44. The summed E-state index contributed by atoms with van der Waals surface area (Å²) in [5.74, 6) is 5.81. The van der Waals surface area contributed by atoms with Gasteiger partial charge in [-0.25, -0.2) is 0 Å². The SMILES string of the molecule is CC(C)CCC[C@@H](C)[C@H]1CC[C@H]2[C@@H]3[C@@H](NCCN)C[C@H]4C[C@@H](O)CC[C@]4(C)[C@H]3CC[C@]12C. The number of hydrogen-bond donors (Lipinski definition) is 3. The molecule has 0 heterocycles. The summed E-state index contributed by atoms with van der Waals surface area (Å²) in [6.45, 7) is 14.3. The van der Waals surface area contributed by atoms with E-state index in [4.69, 9.17) is 5.73 Å². The first-order valence-corrected chi connectivity index (χ1v) is 14.3. The van der Waals surface area contributed by atoms with Gasteiger partial charge in [-0.05, 0) is 104 Å². The van der Waals surface area contributed by atoms with Gasteiger partial charge in [0.2, 0.25) is 0 Å². The van der Waals surface area contributed by atoms with Crippen LogP contribution in [0, 0.1) is 52.3 Å². The van der Waals surface area contributed by atoms with Crippen LogP contribution in [0.4, 0.5) is 0 Å². The molecule has 0 aromatic carbocycles. The lowest BCUT2D eigenvalue weighted by atomic mass is 9.43. The summed E-state index contributed by atoms with van der Waals surface area (Å²) in [6, 6.07) is 0.603. The first-order valence-electron chi connectivity index (χ1n) is 14.3. The Morgan fingerprint density at radius 2 is 1.66 bits per heavy atom. The summed E-state index contributed by atoms with van der Waals surface area (Å²) in [5.41, 5.74) is 6.92. The zero-order valence-electron chi connectivity index (χ0n) is 21.9. The van der Waals surface area contributed by atoms with Crippen LogP contribution in [0.5, 0.6) is 0 Å². The van der Waals surface area contributed by atoms with Gasteiger partial charge >= 0.3 is 0 Å². The zero-order valence-corrected chi connectivity index (χ0v) is 21.9. The molecule has 0 aromatic rings. The summed E-state index contributed by atoms with van der Waals surface area (Å²) in [7, 11) is 0. The molecule has 0 saturated heterocycles. The molecule has 4 rings (SSSR count). The molecule has 0 bridgehead atoms. The fraction of sp³-hybridized carbons (Fsp3) is 1.00. The normalized spacial score (nSPS) is 47.1. The Morgan fingerprint density at radius 1 is 0.938 bits per heavy atom. The molecule has 4 aliphatic carbocycles. The van der Waals surface area contributed by atoms with Crippen LogP contribution in [-0.4, -0.2) is 30.3 Å². The van der Waals surface area contributed by atoms with Crippen LogP contribution in [0.1, 0.15) is 105 Å². The zero-order chi connectivity index (χ0) is 23.1. The Bertz CT molecular complexity index is 622. The van der Waals surface area contributed by atoms with E-state index >= 15 is 0 Å². The average Bonchev–Trinajstić information content (AvgIpc) is 3.09. The molecule has 0 amide bonds. The molecule has 0 spiro atoms. The maximum absolute atomic E-state index is 10.5. The minimum atomic E-state index is -0.0730. The van der Waals surface area contributed by atoms with Crippen molar-refractivity contribution in [2.24, 2.45) is 58.0 Å². The van der Waals surface area contributed by atoms with Crippen molar-refractivity contribution in [3.63, 3.8) is 0 Å². The molecule has 0 radical (unpaired) electrons. The van der Waals surface area contributed by atoms with E-state index in [1.165, 1.54) is 57.8 Å². The molecule has 3 heteroatoms. The van der Waals surface area contributed by atoms with Gasteiger partial charge < -0.3 is 16.2 Å². The summed E-state index contributed by atoms with van der Waals surface area (Å²) >= 11 is 0. The van der Waals surface area contributed by atoms with Crippen molar-refractivity contribution in [2.75, 3.05) is 13.1 Å². The number of aliphatic hydroxyl groups is 1. The fourth-order valence-electron chi connectivity index (χ4n) is 9.75. The van der Waals surface area contributed by atoms with Crippen LogP contribution in [0.15, 0.2) is 0 Å². The Morgan fingerprint density at radius 3 is 2.38 bits per heavy atom. The maximum Gasteiger partial charge on any atom is 0.0543 e. The fourth-order valence-corrected chi connectivity index (χ4v) is 9.75. The summed E-state index contributed by atoms with van der Waals surface area (Å²) in [4.78, 5) is 0. The molecule has 32 heavy (non-hydrogen) atoms. The van der Waals surface area contributed by atoms with Gasteiger partial charge in [-0.1, -0.05) is 53.9 Å². The van der Waals surface area contributed by atoms with Crippen molar-refractivity contribution in [1.29, 1.82) is 0 Å².